The molecule has 0 aromatic carbocycles. The van der Waals surface area contributed by atoms with E-state index in [0.717, 1.165) is 0 Å². The summed E-state index contributed by atoms with van der Waals surface area (Å²) in [7, 11) is 0. The van der Waals surface area contributed by atoms with E-state index in [9.17, 15) is 0 Å². The first-order chi connectivity index (χ1) is 8.97. The third kappa shape index (κ3) is 2.07. The monoisotopic (exact) mass is 283 g/mol. The molecule has 0 aliphatic carbocycles. The van der Waals surface area contributed by atoms with Crippen molar-refractivity contribution < 1.29 is 0 Å². The van der Waals surface area contributed by atoms with Crippen LogP contribution in [0.15, 0.2) is 29.3 Å². The standard InChI is InChI=1S/N18P/c1-7-13-19(14-8-2,15-9-3,16-10-4,17-11-5)18-12-6/q-1. The molecule has 0 fully saturated rings. The van der Waals surface area contributed by atoms with Gasteiger partial charge >= 0.3 is 98.8 Å². The van der Waals surface area contributed by atoms with Crippen LogP contribution in [0.4, 0.5) is 0 Å². The fourth-order valence-corrected chi connectivity index (χ4v) is 2.41. The second kappa shape index (κ2) is 4.65. The Bertz CT molecular complexity index is 516. The van der Waals surface area contributed by atoms with E-state index < -0.39 is 6.85 Å². The van der Waals surface area contributed by atoms with Gasteiger partial charge in [-0.1, -0.05) is 0 Å². The van der Waals surface area contributed by atoms with Crippen molar-refractivity contribution in [2.75, 3.05) is 0 Å². The number of rotatable bonds is 6. The van der Waals surface area contributed by atoms with E-state index in [-0.39, 0.29) is 0 Å². The summed E-state index contributed by atoms with van der Waals surface area (Å²) in [6, 6.07) is 0. The molecule has 0 heterocycles. The Kier molecular flexibility index (Phi) is 3.74. The van der Waals surface area contributed by atoms with Gasteiger partial charge in [-0.3, -0.25) is 0 Å². The zero-order chi connectivity index (χ0) is 14.9. The number of hydrogen-bond donors (Lipinski definition) is 0. The topological polar surface area (TPSA) is 293 Å². The number of hydrogen-bond acceptors (Lipinski definition) is 6. The molecule has 0 atom stereocenters. The Labute approximate surface area is 99.8 Å². The van der Waals surface area contributed by atoms with E-state index >= 15 is 0 Å². The fraction of sp³-hybridized carbons (Fsp3) is 0. The van der Waals surface area contributed by atoms with Gasteiger partial charge in [0.15, 0.2) is 0 Å². The predicted molar refractivity (Wildman–Crippen MR) is 61.8 cm³/mol. The molecule has 0 aromatic heterocycles. The van der Waals surface area contributed by atoms with Gasteiger partial charge in [-0.15, -0.1) is 0 Å². The van der Waals surface area contributed by atoms with Crippen molar-refractivity contribution in [3.05, 3.63) is 62.7 Å². The minimum atomic E-state index is -6.85. The van der Waals surface area contributed by atoms with E-state index in [1.165, 1.54) is 0 Å². The first-order valence-electron chi connectivity index (χ1n) is 3.60. The van der Waals surface area contributed by atoms with Gasteiger partial charge in [0.1, 0.15) is 0 Å². The molecule has 0 radical (unpaired) electrons. The third-order valence-electron chi connectivity index (χ3n) is 1.44. The van der Waals surface area contributed by atoms with Crippen LogP contribution < -0.4 is 0 Å². The van der Waals surface area contributed by atoms with Gasteiger partial charge in [0.25, 0.3) is 0 Å². The van der Waals surface area contributed by atoms with Crippen molar-refractivity contribution in [3.63, 3.8) is 0 Å². The Morgan fingerprint density at radius 3 is 0.684 bits per heavy atom. The molecule has 19 heteroatoms. The zero-order valence-corrected chi connectivity index (χ0v) is 9.39. The maximum absolute atomic E-state index is 8.44. The average Bonchev–Trinajstić information content (AvgIpc) is 2.31. The first-order valence-corrected chi connectivity index (χ1v) is 6.00. The van der Waals surface area contributed by atoms with Crippen LogP contribution in [-0.2, 0) is 0 Å². The van der Waals surface area contributed by atoms with Crippen molar-refractivity contribution in [1.82, 2.24) is 0 Å². The Balaban J connectivity index is 7.86. The van der Waals surface area contributed by atoms with E-state index in [1.807, 2.05) is 0 Å². The van der Waals surface area contributed by atoms with Crippen molar-refractivity contribution in [3.8, 4) is 0 Å². The van der Waals surface area contributed by atoms with Crippen LogP contribution in [0.5, 0.6) is 0 Å². The summed E-state index contributed by atoms with van der Waals surface area (Å²) < 4.78 is 0. The number of azide groups is 1. The quantitative estimate of drug-likeness (QED) is 0.254. The summed E-state index contributed by atoms with van der Waals surface area (Å²) in [6.07, 6.45) is 0. The van der Waals surface area contributed by atoms with Crippen LogP contribution in [0.1, 0.15) is 0 Å². The van der Waals surface area contributed by atoms with E-state index in [0.29, 0.717) is 0 Å². The van der Waals surface area contributed by atoms with Crippen LogP contribution >= 0.6 is 6.85 Å². The van der Waals surface area contributed by atoms with E-state index in [1.54, 1.807) is 0 Å². The molecular formula is N18P-. The Morgan fingerprint density at radius 1 is 0.421 bits per heavy atom. The summed E-state index contributed by atoms with van der Waals surface area (Å²) in [5, 5.41) is 0. The van der Waals surface area contributed by atoms with Gasteiger partial charge in [-0.25, -0.2) is 0 Å². The van der Waals surface area contributed by atoms with Crippen molar-refractivity contribution in [1.29, 1.82) is 0 Å². The van der Waals surface area contributed by atoms with Crippen LogP contribution in [0, 0.1) is 0 Å². The third-order valence-corrected chi connectivity index (χ3v) is 4.32. The van der Waals surface area contributed by atoms with Crippen LogP contribution in [0.2, 0.25) is 0 Å². The molecule has 0 unspecified atom stereocenters. The molecule has 0 aliphatic rings. The molecule has 0 spiro atoms. The SMILES string of the molecule is [N-]=[N+]=N[P-](N=[N+]=[N-])(N=[N+]=[N-])(N=[N+]=[N-])(N=[N+]=[N-])N=[N+]=[N-]. The van der Waals surface area contributed by atoms with Gasteiger partial charge < -0.3 is 0 Å². The first kappa shape index (κ1) is 15.3. The molecule has 96 valence electrons. The van der Waals surface area contributed by atoms with Crippen molar-refractivity contribution in [2.45, 2.75) is 0 Å². The van der Waals surface area contributed by atoms with Gasteiger partial charge in [0.2, 0.25) is 0 Å². The zero-order valence-electron chi connectivity index (χ0n) is 8.50. The molecule has 18 nitrogen and oxygen atoms in total. The maximum atomic E-state index is 8.44. The summed E-state index contributed by atoms with van der Waals surface area (Å²) in [4.78, 5) is 28.7. The van der Waals surface area contributed by atoms with Crippen molar-refractivity contribution >= 4 is 6.85 Å². The second-order valence-corrected chi connectivity index (χ2v) is 6.17. The van der Waals surface area contributed by atoms with Crippen LogP contribution in [-0.4, -0.2) is 0 Å². The fourth-order valence-electron chi connectivity index (χ4n) is 0.805. The summed E-state index contributed by atoms with van der Waals surface area (Å²) >= 11 is 0. The van der Waals surface area contributed by atoms with Gasteiger partial charge in [0.05, 0.1) is 0 Å². The normalized spacial score (nSPS) is 12.0. The van der Waals surface area contributed by atoms with Crippen LogP contribution in [0.25, 0.3) is 62.7 Å². The molecule has 0 aromatic rings. The van der Waals surface area contributed by atoms with Gasteiger partial charge in [0, 0.05) is 0 Å². The molecular weight excluding hydrogens is 283 g/mol. The van der Waals surface area contributed by atoms with E-state index in [4.69, 9.17) is 33.2 Å². The Hall–Kier alpha value is -3.71. The molecule has 0 saturated carbocycles. The molecule has 0 rings (SSSR count). The predicted octanol–water partition coefficient (Wildman–Crippen LogP) is 5.43. The molecule has 0 bridgehead atoms. The second-order valence-electron chi connectivity index (χ2n) is 2.41. The molecule has 0 saturated heterocycles. The van der Waals surface area contributed by atoms with Crippen molar-refractivity contribution in [2.24, 2.45) is 29.3 Å². The van der Waals surface area contributed by atoms with E-state index in [2.05, 4.69) is 58.8 Å². The minimum absolute atomic E-state index is 2.11. The van der Waals surface area contributed by atoms with Gasteiger partial charge in [-0.05, 0) is 0 Å². The molecule has 0 N–H and O–H groups in total. The number of nitrogens with zero attached hydrogens (tertiary/aromatic N) is 18. The molecule has 19 heavy (non-hydrogen) atoms. The molecule has 0 amide bonds. The summed E-state index contributed by atoms with van der Waals surface area (Å²) in [6.45, 7) is -6.85. The van der Waals surface area contributed by atoms with Crippen LogP contribution in [0.3, 0.4) is 0 Å². The van der Waals surface area contributed by atoms with Gasteiger partial charge in [-0.2, -0.15) is 0 Å². The Morgan fingerprint density at radius 2 is 0.579 bits per heavy atom. The summed E-state index contributed by atoms with van der Waals surface area (Å²) in [5.41, 5.74) is 50.6. The molecule has 0 aliphatic heterocycles. The summed E-state index contributed by atoms with van der Waals surface area (Å²) in [5.74, 6) is 0. The average molecular weight is 283 g/mol.